The molecule has 0 aliphatic heterocycles. The molecule has 0 bridgehead atoms. The first kappa shape index (κ1) is 27.2. The van der Waals surface area contributed by atoms with E-state index in [-0.39, 0.29) is 17.2 Å². The summed E-state index contributed by atoms with van der Waals surface area (Å²) in [6, 6.07) is 11.3. The second kappa shape index (κ2) is 11.7. The van der Waals surface area contributed by atoms with Crippen molar-refractivity contribution in [1.82, 2.24) is 0 Å². The second-order valence-electron chi connectivity index (χ2n) is 8.35. The number of fused-ring (bicyclic) bond motifs is 1. The minimum Gasteiger partial charge on any atom is -0.462 e. The number of rotatable bonds is 9. The number of carbonyl (C=O) groups excluding carboxylic acids is 2. The van der Waals surface area contributed by atoms with Crippen LogP contribution in [0.25, 0.3) is 0 Å². The first-order valence-corrected chi connectivity index (χ1v) is 15.3. The smallest absolute Gasteiger partial charge is 0.341 e. The van der Waals surface area contributed by atoms with E-state index >= 15 is 0 Å². The zero-order chi connectivity index (χ0) is 26.6. The molecule has 1 amide bonds. The Kier molecular flexibility index (Phi) is 8.56. The van der Waals surface area contributed by atoms with Gasteiger partial charge in [0.05, 0.1) is 22.8 Å². The van der Waals surface area contributed by atoms with E-state index in [9.17, 15) is 22.4 Å². The third kappa shape index (κ3) is 6.00. The van der Waals surface area contributed by atoms with Gasteiger partial charge in [-0.1, -0.05) is 6.07 Å². The Morgan fingerprint density at radius 3 is 2.54 bits per heavy atom. The quantitative estimate of drug-likeness (QED) is 0.274. The van der Waals surface area contributed by atoms with Gasteiger partial charge in [0.25, 0.3) is 10.0 Å². The van der Waals surface area contributed by atoms with Crippen LogP contribution in [-0.4, -0.2) is 39.7 Å². The predicted octanol–water partition coefficient (Wildman–Crippen LogP) is 5.50. The number of nitrogens with zero attached hydrogens (tertiary/aromatic N) is 1. The number of ether oxygens (including phenoxy) is 1. The molecule has 1 heterocycles. The maximum absolute atomic E-state index is 14.1. The summed E-state index contributed by atoms with van der Waals surface area (Å²) >= 11 is 2.78. The van der Waals surface area contributed by atoms with Crippen molar-refractivity contribution in [3.8, 4) is 0 Å². The van der Waals surface area contributed by atoms with E-state index in [1.807, 2.05) is 6.26 Å². The zero-order valence-corrected chi connectivity index (χ0v) is 22.9. The molecule has 0 radical (unpaired) electrons. The minimum absolute atomic E-state index is 0.0141. The van der Waals surface area contributed by atoms with Crippen LogP contribution in [0.1, 0.15) is 40.6 Å². The summed E-state index contributed by atoms with van der Waals surface area (Å²) in [4.78, 5) is 27.9. The highest BCUT2D eigenvalue weighted by Crippen LogP contribution is 2.38. The number of thiophene rings is 1. The van der Waals surface area contributed by atoms with Crippen molar-refractivity contribution in [1.29, 1.82) is 0 Å². The Labute approximate surface area is 224 Å². The lowest BCUT2D eigenvalue weighted by Crippen LogP contribution is -2.38. The summed E-state index contributed by atoms with van der Waals surface area (Å²) in [6.07, 6.45) is 5.32. The van der Waals surface area contributed by atoms with Gasteiger partial charge < -0.3 is 10.1 Å². The number of anilines is 2. The highest BCUT2D eigenvalue weighted by Gasteiger charge is 2.30. The van der Waals surface area contributed by atoms with Crippen LogP contribution >= 0.6 is 23.1 Å². The molecule has 7 nitrogen and oxygen atoms in total. The number of thioether (sulfide) groups is 1. The van der Waals surface area contributed by atoms with Gasteiger partial charge in [0.1, 0.15) is 17.4 Å². The molecule has 11 heteroatoms. The van der Waals surface area contributed by atoms with E-state index in [0.29, 0.717) is 17.0 Å². The standard InChI is InChI=1S/C26H27FN2O5S3/c1-3-34-26(31)24-21-9-4-5-10-22(21)36-25(24)28-23(30)16-29(18-8-6-7-17(27)15-18)37(32,33)20-13-11-19(35-2)12-14-20/h6-8,11-15H,3-5,9-10,16H2,1-2H3,(H,28,30). The lowest BCUT2D eigenvalue weighted by molar-refractivity contribution is -0.114. The Morgan fingerprint density at radius 1 is 1.14 bits per heavy atom. The maximum Gasteiger partial charge on any atom is 0.341 e. The first-order valence-electron chi connectivity index (χ1n) is 11.8. The number of aryl methyl sites for hydroxylation is 1. The molecule has 2 aromatic carbocycles. The predicted molar refractivity (Wildman–Crippen MR) is 145 cm³/mol. The summed E-state index contributed by atoms with van der Waals surface area (Å²) in [5.74, 6) is -1.80. The summed E-state index contributed by atoms with van der Waals surface area (Å²) in [5.41, 5.74) is 1.23. The number of hydrogen-bond donors (Lipinski definition) is 1. The van der Waals surface area contributed by atoms with Crippen molar-refractivity contribution in [3.05, 3.63) is 70.4 Å². The van der Waals surface area contributed by atoms with E-state index < -0.39 is 34.3 Å². The second-order valence-corrected chi connectivity index (χ2v) is 12.2. The van der Waals surface area contributed by atoms with E-state index in [4.69, 9.17) is 4.74 Å². The Balaban J connectivity index is 1.67. The van der Waals surface area contributed by atoms with Gasteiger partial charge >= 0.3 is 5.97 Å². The SMILES string of the molecule is CCOC(=O)c1c(NC(=O)CN(c2cccc(F)c2)S(=O)(=O)c2ccc(SC)cc2)sc2c1CCCC2. The van der Waals surface area contributed by atoms with Gasteiger partial charge in [-0.05, 0) is 86.9 Å². The van der Waals surface area contributed by atoms with E-state index in [1.54, 1.807) is 19.1 Å². The number of esters is 1. The minimum atomic E-state index is -4.21. The molecule has 0 fully saturated rings. The van der Waals surface area contributed by atoms with E-state index in [0.717, 1.165) is 45.0 Å². The highest BCUT2D eigenvalue weighted by atomic mass is 32.2. The van der Waals surface area contributed by atoms with Crippen molar-refractivity contribution < 1.29 is 27.1 Å². The molecule has 4 rings (SSSR count). The van der Waals surface area contributed by atoms with Crippen molar-refractivity contribution in [2.24, 2.45) is 0 Å². The Bertz CT molecular complexity index is 1400. The summed E-state index contributed by atoms with van der Waals surface area (Å²) in [5, 5.41) is 3.08. The van der Waals surface area contributed by atoms with Crippen LogP contribution in [0.4, 0.5) is 15.1 Å². The molecule has 0 spiro atoms. The fourth-order valence-corrected chi connectivity index (χ4v) is 7.31. The molecule has 1 aliphatic rings. The van der Waals surface area contributed by atoms with Crippen LogP contribution < -0.4 is 9.62 Å². The molecule has 1 aromatic heterocycles. The average Bonchev–Trinajstić information content (AvgIpc) is 3.25. The van der Waals surface area contributed by atoms with Crippen LogP contribution in [-0.2, 0) is 32.4 Å². The molecular weight excluding hydrogens is 535 g/mol. The lowest BCUT2D eigenvalue weighted by Gasteiger charge is -2.24. The molecule has 0 unspecified atom stereocenters. The number of halogens is 1. The summed E-state index contributed by atoms with van der Waals surface area (Å²) < 4.78 is 47.4. The van der Waals surface area contributed by atoms with Gasteiger partial charge in [0, 0.05) is 9.77 Å². The van der Waals surface area contributed by atoms with Crippen LogP contribution in [0.5, 0.6) is 0 Å². The molecule has 196 valence electrons. The van der Waals surface area contributed by atoms with Crippen LogP contribution in [0.15, 0.2) is 58.3 Å². The molecule has 1 N–H and O–H groups in total. The molecule has 1 aliphatic carbocycles. The van der Waals surface area contributed by atoms with Gasteiger partial charge in [-0.2, -0.15) is 0 Å². The molecule has 0 atom stereocenters. The summed E-state index contributed by atoms with van der Waals surface area (Å²) in [7, 11) is -4.21. The van der Waals surface area contributed by atoms with Gasteiger partial charge in [-0.25, -0.2) is 17.6 Å². The van der Waals surface area contributed by atoms with Gasteiger partial charge in [-0.15, -0.1) is 23.1 Å². The number of amides is 1. The third-order valence-electron chi connectivity index (χ3n) is 5.93. The third-order valence-corrected chi connectivity index (χ3v) is 9.67. The Hall–Kier alpha value is -2.89. The fraction of sp³-hybridized carbons (Fsp3) is 0.308. The summed E-state index contributed by atoms with van der Waals surface area (Å²) in [6.45, 7) is 1.29. The zero-order valence-electron chi connectivity index (χ0n) is 20.5. The molecular formula is C26H27FN2O5S3. The normalized spacial score (nSPS) is 13.1. The molecule has 0 saturated heterocycles. The average molecular weight is 563 g/mol. The van der Waals surface area contributed by atoms with Crippen molar-refractivity contribution in [3.63, 3.8) is 0 Å². The maximum atomic E-state index is 14.1. The largest absolute Gasteiger partial charge is 0.462 e. The Morgan fingerprint density at radius 2 is 1.86 bits per heavy atom. The molecule has 3 aromatic rings. The highest BCUT2D eigenvalue weighted by molar-refractivity contribution is 7.98. The van der Waals surface area contributed by atoms with Crippen molar-refractivity contribution in [2.45, 2.75) is 42.4 Å². The number of benzene rings is 2. The lowest BCUT2D eigenvalue weighted by atomic mass is 9.95. The monoisotopic (exact) mass is 562 g/mol. The topological polar surface area (TPSA) is 92.8 Å². The number of nitrogens with one attached hydrogen (secondary N) is 1. The van der Waals surface area contributed by atoms with Crippen molar-refractivity contribution in [2.75, 3.05) is 29.0 Å². The fourth-order valence-electron chi connectivity index (χ4n) is 4.19. The van der Waals surface area contributed by atoms with Gasteiger partial charge in [0.15, 0.2) is 0 Å². The molecule has 0 saturated carbocycles. The number of carbonyl (C=O) groups is 2. The van der Waals surface area contributed by atoms with E-state index in [2.05, 4.69) is 5.32 Å². The van der Waals surface area contributed by atoms with Crippen LogP contribution in [0, 0.1) is 5.82 Å². The molecule has 37 heavy (non-hydrogen) atoms. The number of hydrogen-bond acceptors (Lipinski definition) is 7. The number of sulfonamides is 1. The van der Waals surface area contributed by atoms with Crippen molar-refractivity contribution >= 4 is 55.7 Å². The first-order chi connectivity index (χ1) is 17.7. The van der Waals surface area contributed by atoms with Gasteiger partial charge in [-0.3, -0.25) is 9.10 Å². The van der Waals surface area contributed by atoms with Crippen LogP contribution in [0.2, 0.25) is 0 Å². The van der Waals surface area contributed by atoms with E-state index in [1.165, 1.54) is 53.4 Å². The van der Waals surface area contributed by atoms with Gasteiger partial charge in [0.2, 0.25) is 5.91 Å². The van der Waals surface area contributed by atoms with Crippen LogP contribution in [0.3, 0.4) is 0 Å².